The molecular weight excluding hydrogens is 362 g/mol. The number of methoxy groups -OCH3 is 1. The lowest BCUT2D eigenvalue weighted by molar-refractivity contribution is -0.149. The van der Waals surface area contributed by atoms with E-state index in [4.69, 9.17) is 14.2 Å². The van der Waals surface area contributed by atoms with Crippen LogP contribution in [0.15, 0.2) is 53.8 Å². The van der Waals surface area contributed by atoms with E-state index < -0.39 is 29.9 Å². The van der Waals surface area contributed by atoms with Gasteiger partial charge in [-0.2, -0.15) is 0 Å². The van der Waals surface area contributed by atoms with E-state index in [0.29, 0.717) is 24.0 Å². The monoisotopic (exact) mass is 385 g/mol. The fourth-order valence-corrected chi connectivity index (χ4v) is 3.58. The summed E-state index contributed by atoms with van der Waals surface area (Å²) < 4.78 is 15.2. The Morgan fingerprint density at radius 3 is 2.71 bits per heavy atom. The number of carbonyl (C=O) groups is 3. The molecule has 3 atom stereocenters. The van der Waals surface area contributed by atoms with Gasteiger partial charge in [0.1, 0.15) is 18.9 Å². The lowest BCUT2D eigenvalue weighted by atomic mass is 9.84. The third-order valence-corrected chi connectivity index (χ3v) is 5.11. The lowest BCUT2D eigenvalue weighted by Gasteiger charge is -2.26. The van der Waals surface area contributed by atoms with E-state index in [1.54, 1.807) is 7.05 Å². The number of hydrogen-bond acceptors (Lipinski definition) is 7. The lowest BCUT2D eigenvalue weighted by Crippen LogP contribution is -2.38. The zero-order valence-electron chi connectivity index (χ0n) is 15.8. The van der Waals surface area contributed by atoms with Crippen molar-refractivity contribution in [3.8, 4) is 0 Å². The number of cyclic esters (lactones) is 1. The van der Waals surface area contributed by atoms with Crippen molar-refractivity contribution in [1.82, 2.24) is 5.32 Å². The Morgan fingerprint density at radius 1 is 1.29 bits per heavy atom. The van der Waals surface area contributed by atoms with Crippen LogP contribution >= 0.6 is 0 Å². The number of hydrogen-bond donors (Lipinski definition) is 1. The molecule has 0 aromatic heterocycles. The van der Waals surface area contributed by atoms with Crippen molar-refractivity contribution in [3.05, 3.63) is 59.4 Å². The highest BCUT2D eigenvalue weighted by Gasteiger charge is 2.44. The predicted molar refractivity (Wildman–Crippen MR) is 99.8 cm³/mol. The van der Waals surface area contributed by atoms with Gasteiger partial charge in [-0.25, -0.2) is 4.79 Å². The van der Waals surface area contributed by atoms with Gasteiger partial charge in [0.15, 0.2) is 0 Å². The number of allylic oxidation sites excluding steroid dienone is 1. The summed E-state index contributed by atoms with van der Waals surface area (Å²) in [6.07, 6.45) is 3.98. The SMILES string of the molecule is CN[C@@H](Cc1ccccc1)C(=O)OCC1=CC[C@@H]2C(C(=O)OC)=COC(=O)[C@H]12. The third-order valence-electron chi connectivity index (χ3n) is 5.11. The standard InChI is InChI=1S/C21H23NO6/c1-22-17(10-13-6-4-3-5-7-13)20(24)27-11-14-8-9-15-16(19(23)26-2)12-28-21(25)18(14)15/h3-8,12,15,17-18,22H,9-11H2,1-2H3/t15-,17+,18-/m1/s1. The zero-order chi connectivity index (χ0) is 20.1. The highest BCUT2D eigenvalue weighted by Crippen LogP contribution is 2.41. The van der Waals surface area contributed by atoms with E-state index in [1.807, 2.05) is 36.4 Å². The Bertz CT molecular complexity index is 813. The van der Waals surface area contributed by atoms with Crippen LogP contribution in [0.1, 0.15) is 12.0 Å². The largest absolute Gasteiger partial charge is 0.466 e. The zero-order valence-corrected chi connectivity index (χ0v) is 15.8. The van der Waals surface area contributed by atoms with E-state index in [1.165, 1.54) is 7.11 Å². The Hall–Kier alpha value is -2.93. The van der Waals surface area contributed by atoms with Crippen LogP contribution in [0.25, 0.3) is 0 Å². The molecule has 1 N–H and O–H groups in total. The van der Waals surface area contributed by atoms with Gasteiger partial charge in [-0.3, -0.25) is 9.59 Å². The Morgan fingerprint density at radius 2 is 2.04 bits per heavy atom. The second kappa shape index (κ2) is 8.84. The minimum absolute atomic E-state index is 0.0173. The first kappa shape index (κ1) is 19.8. The molecule has 7 nitrogen and oxygen atoms in total. The van der Waals surface area contributed by atoms with Gasteiger partial charge in [-0.15, -0.1) is 0 Å². The number of nitrogens with one attached hydrogen (secondary N) is 1. The molecule has 28 heavy (non-hydrogen) atoms. The van der Waals surface area contributed by atoms with Crippen molar-refractivity contribution >= 4 is 17.9 Å². The molecule has 1 aliphatic carbocycles. The number of likely N-dealkylation sites (N-methyl/N-ethyl adjacent to an activating group) is 1. The highest BCUT2D eigenvalue weighted by molar-refractivity contribution is 5.93. The molecule has 0 radical (unpaired) electrons. The van der Waals surface area contributed by atoms with Crippen molar-refractivity contribution in [2.45, 2.75) is 18.9 Å². The van der Waals surface area contributed by atoms with E-state index in [0.717, 1.165) is 11.8 Å². The molecule has 0 fully saturated rings. The van der Waals surface area contributed by atoms with Gasteiger partial charge in [0.25, 0.3) is 0 Å². The van der Waals surface area contributed by atoms with Crippen molar-refractivity contribution in [1.29, 1.82) is 0 Å². The van der Waals surface area contributed by atoms with Crippen LogP contribution in [-0.2, 0) is 35.0 Å². The van der Waals surface area contributed by atoms with Crippen LogP contribution in [0.5, 0.6) is 0 Å². The summed E-state index contributed by atoms with van der Waals surface area (Å²) in [5, 5.41) is 2.96. The molecule has 1 aliphatic heterocycles. The number of esters is 3. The summed E-state index contributed by atoms with van der Waals surface area (Å²) in [5.74, 6) is -2.34. The first-order chi connectivity index (χ1) is 13.5. The first-order valence-electron chi connectivity index (χ1n) is 9.10. The second-order valence-corrected chi connectivity index (χ2v) is 6.74. The summed E-state index contributed by atoms with van der Waals surface area (Å²) in [6, 6.07) is 9.14. The topological polar surface area (TPSA) is 90.9 Å². The molecular formula is C21H23NO6. The number of rotatable bonds is 7. The van der Waals surface area contributed by atoms with E-state index in [2.05, 4.69) is 5.32 Å². The highest BCUT2D eigenvalue weighted by atomic mass is 16.5. The van der Waals surface area contributed by atoms with Crippen molar-refractivity contribution in [2.75, 3.05) is 20.8 Å². The number of fused-ring (bicyclic) bond motifs is 1. The van der Waals surface area contributed by atoms with Gasteiger partial charge in [-0.05, 0) is 31.0 Å². The predicted octanol–water partition coefficient (Wildman–Crippen LogP) is 1.54. The molecule has 0 bridgehead atoms. The maximum Gasteiger partial charge on any atom is 0.337 e. The van der Waals surface area contributed by atoms with Crippen LogP contribution in [0.4, 0.5) is 0 Å². The molecule has 0 saturated carbocycles. The van der Waals surface area contributed by atoms with Gasteiger partial charge < -0.3 is 19.5 Å². The molecule has 7 heteroatoms. The molecule has 0 spiro atoms. The first-order valence-corrected chi connectivity index (χ1v) is 9.10. The third kappa shape index (κ3) is 4.14. The fourth-order valence-electron chi connectivity index (χ4n) is 3.58. The normalized spacial score (nSPS) is 21.7. The Balaban J connectivity index is 1.61. The molecule has 1 heterocycles. The van der Waals surface area contributed by atoms with Gasteiger partial charge in [0, 0.05) is 5.92 Å². The van der Waals surface area contributed by atoms with Crippen molar-refractivity contribution in [3.63, 3.8) is 0 Å². The average Bonchev–Trinajstić information content (AvgIpc) is 3.15. The smallest absolute Gasteiger partial charge is 0.337 e. The van der Waals surface area contributed by atoms with E-state index in [9.17, 15) is 14.4 Å². The molecule has 1 aromatic rings. The van der Waals surface area contributed by atoms with Crippen LogP contribution in [0.2, 0.25) is 0 Å². The van der Waals surface area contributed by atoms with Crippen molar-refractivity contribution in [2.24, 2.45) is 11.8 Å². The molecule has 0 amide bonds. The summed E-state index contributed by atoms with van der Waals surface area (Å²) in [4.78, 5) is 36.6. The maximum absolute atomic E-state index is 12.5. The average molecular weight is 385 g/mol. The summed E-state index contributed by atoms with van der Waals surface area (Å²) >= 11 is 0. The van der Waals surface area contributed by atoms with Crippen LogP contribution in [-0.4, -0.2) is 44.7 Å². The van der Waals surface area contributed by atoms with Gasteiger partial charge >= 0.3 is 17.9 Å². The summed E-state index contributed by atoms with van der Waals surface area (Å²) in [6.45, 7) is -0.0173. The molecule has 0 saturated heterocycles. The maximum atomic E-state index is 12.5. The summed E-state index contributed by atoms with van der Waals surface area (Å²) in [5.41, 5.74) is 1.98. The molecule has 3 rings (SSSR count). The molecule has 148 valence electrons. The number of benzene rings is 1. The van der Waals surface area contributed by atoms with Gasteiger partial charge in [-0.1, -0.05) is 36.4 Å². The van der Waals surface area contributed by atoms with Crippen LogP contribution in [0.3, 0.4) is 0 Å². The van der Waals surface area contributed by atoms with E-state index >= 15 is 0 Å². The minimum atomic E-state index is -0.631. The quantitative estimate of drug-likeness (QED) is 0.432. The van der Waals surface area contributed by atoms with Crippen LogP contribution < -0.4 is 5.32 Å². The second-order valence-electron chi connectivity index (χ2n) is 6.74. The number of ether oxygens (including phenoxy) is 3. The fraction of sp³-hybridized carbons (Fsp3) is 0.381. The summed E-state index contributed by atoms with van der Waals surface area (Å²) in [7, 11) is 2.98. The Labute approximate surface area is 163 Å². The van der Waals surface area contributed by atoms with Gasteiger partial charge in [0.2, 0.25) is 0 Å². The molecule has 1 aromatic carbocycles. The Kier molecular flexibility index (Phi) is 6.26. The van der Waals surface area contributed by atoms with Gasteiger partial charge in [0.05, 0.1) is 18.6 Å². The molecule has 0 unspecified atom stereocenters. The minimum Gasteiger partial charge on any atom is -0.466 e. The molecule has 2 aliphatic rings. The number of carbonyl (C=O) groups excluding carboxylic acids is 3. The van der Waals surface area contributed by atoms with E-state index in [-0.39, 0.29) is 12.5 Å². The van der Waals surface area contributed by atoms with Crippen molar-refractivity contribution < 1.29 is 28.6 Å². The van der Waals surface area contributed by atoms with Crippen LogP contribution in [0, 0.1) is 11.8 Å².